The summed E-state index contributed by atoms with van der Waals surface area (Å²) in [6.07, 6.45) is -3.29. The van der Waals surface area contributed by atoms with Crippen LogP contribution in [0.25, 0.3) is 0 Å². The lowest BCUT2D eigenvalue weighted by atomic mass is 9.88. The number of rotatable bonds is 2. The van der Waals surface area contributed by atoms with E-state index >= 15 is 0 Å². The molecule has 0 spiro atoms. The van der Waals surface area contributed by atoms with E-state index < -0.39 is 28.9 Å². The van der Waals surface area contributed by atoms with Gasteiger partial charge in [0, 0.05) is 17.8 Å². The Kier molecular flexibility index (Phi) is 5.11. The van der Waals surface area contributed by atoms with E-state index in [-0.39, 0.29) is 5.69 Å². The zero-order valence-corrected chi connectivity index (χ0v) is 14.3. The summed E-state index contributed by atoms with van der Waals surface area (Å²) in [5.41, 5.74) is 1.37. The maximum Gasteiger partial charge on any atom is 0.417 e. The Morgan fingerprint density at radius 3 is 2.69 bits per heavy atom. The number of anilines is 2. The third-order valence-electron chi connectivity index (χ3n) is 4.24. The van der Waals surface area contributed by atoms with E-state index in [1.807, 2.05) is 6.07 Å². The second kappa shape index (κ2) is 7.17. The first-order valence-electron chi connectivity index (χ1n) is 7.97. The van der Waals surface area contributed by atoms with Gasteiger partial charge in [-0.3, -0.25) is 0 Å². The van der Waals surface area contributed by atoms with Crippen molar-refractivity contribution in [3.8, 4) is 0 Å². The van der Waals surface area contributed by atoms with Crippen molar-refractivity contribution in [2.45, 2.75) is 31.5 Å². The Hall–Kier alpha value is -2.25. The van der Waals surface area contributed by atoms with Gasteiger partial charge in [-0.05, 0) is 48.2 Å². The molecule has 0 fully saturated rings. The Morgan fingerprint density at radius 2 is 1.96 bits per heavy atom. The molecule has 4 nitrogen and oxygen atoms in total. The van der Waals surface area contributed by atoms with Gasteiger partial charge in [0.15, 0.2) is 0 Å². The molecule has 1 aliphatic carbocycles. The highest BCUT2D eigenvalue weighted by atomic mass is 35.5. The second-order valence-corrected chi connectivity index (χ2v) is 6.52. The van der Waals surface area contributed by atoms with Crippen molar-refractivity contribution >= 4 is 29.0 Å². The van der Waals surface area contributed by atoms with Gasteiger partial charge in [0.05, 0.1) is 16.7 Å². The van der Waals surface area contributed by atoms with E-state index in [2.05, 4.69) is 10.6 Å². The zero-order chi connectivity index (χ0) is 18.9. The molecule has 8 heteroatoms. The topological polar surface area (TPSA) is 61.4 Å². The summed E-state index contributed by atoms with van der Waals surface area (Å²) in [6.45, 7) is 0. The summed E-state index contributed by atoms with van der Waals surface area (Å²) in [6, 6.07) is 7.90. The van der Waals surface area contributed by atoms with E-state index in [4.69, 9.17) is 11.6 Å². The fourth-order valence-electron chi connectivity index (χ4n) is 2.99. The van der Waals surface area contributed by atoms with Crippen LogP contribution in [0.1, 0.15) is 23.1 Å². The number of halogens is 4. The highest BCUT2D eigenvalue weighted by molar-refractivity contribution is 6.31. The first-order chi connectivity index (χ1) is 12.2. The molecule has 2 aromatic carbocycles. The van der Waals surface area contributed by atoms with Crippen LogP contribution in [-0.4, -0.2) is 17.2 Å². The number of amides is 2. The maximum absolute atomic E-state index is 12.9. The van der Waals surface area contributed by atoms with Gasteiger partial charge in [0.2, 0.25) is 0 Å². The van der Waals surface area contributed by atoms with Gasteiger partial charge in [0.1, 0.15) is 0 Å². The number of aliphatic hydroxyl groups excluding tert-OH is 1. The molecule has 3 rings (SSSR count). The summed E-state index contributed by atoms with van der Waals surface area (Å²) < 4.78 is 38.7. The maximum atomic E-state index is 12.9. The molecule has 1 aliphatic rings. The quantitative estimate of drug-likeness (QED) is 0.693. The van der Waals surface area contributed by atoms with Crippen molar-refractivity contribution in [1.29, 1.82) is 0 Å². The van der Waals surface area contributed by atoms with Gasteiger partial charge in [-0.15, -0.1) is 0 Å². The standard InChI is InChI=1S/C18H16ClF3N2O2/c19-15-7-5-11(8-14(15)18(20,21)22)23-17(26)24-16-3-1-2-10-4-6-12(25)9-13(10)16/h1-3,5,7-8,12,25H,4,6,9H2,(H2,23,24,26)/t12-/m0/s1. The number of hydrogen-bond acceptors (Lipinski definition) is 2. The lowest BCUT2D eigenvalue weighted by Crippen LogP contribution is -2.24. The van der Waals surface area contributed by atoms with Crippen LogP contribution in [-0.2, 0) is 19.0 Å². The Labute approximate surface area is 153 Å². The Morgan fingerprint density at radius 1 is 1.19 bits per heavy atom. The molecule has 1 atom stereocenters. The van der Waals surface area contributed by atoms with Gasteiger partial charge in [-0.1, -0.05) is 23.7 Å². The number of carbonyl (C=O) groups excluding carboxylic acids is 1. The predicted octanol–water partition coefficient (Wildman–Crippen LogP) is 4.85. The number of nitrogens with one attached hydrogen (secondary N) is 2. The molecule has 138 valence electrons. The van der Waals surface area contributed by atoms with E-state index in [1.54, 1.807) is 12.1 Å². The summed E-state index contributed by atoms with van der Waals surface area (Å²) in [5, 5.41) is 14.4. The molecule has 0 saturated carbocycles. The highest BCUT2D eigenvalue weighted by Gasteiger charge is 2.33. The molecule has 0 aliphatic heterocycles. The van der Waals surface area contributed by atoms with Crippen molar-refractivity contribution in [1.82, 2.24) is 0 Å². The minimum atomic E-state index is -4.61. The zero-order valence-electron chi connectivity index (χ0n) is 13.5. The summed E-state index contributed by atoms with van der Waals surface area (Å²) in [5.74, 6) is 0. The number of aliphatic hydroxyl groups is 1. The van der Waals surface area contributed by atoms with Crippen molar-refractivity contribution in [3.63, 3.8) is 0 Å². The minimum Gasteiger partial charge on any atom is -0.393 e. The van der Waals surface area contributed by atoms with Gasteiger partial charge < -0.3 is 15.7 Å². The normalized spacial score (nSPS) is 16.7. The molecular weight excluding hydrogens is 369 g/mol. The van der Waals surface area contributed by atoms with Crippen LogP contribution >= 0.6 is 11.6 Å². The lowest BCUT2D eigenvalue weighted by molar-refractivity contribution is -0.137. The fourth-order valence-corrected chi connectivity index (χ4v) is 3.22. The van der Waals surface area contributed by atoms with Crippen molar-refractivity contribution in [3.05, 3.63) is 58.1 Å². The summed E-state index contributed by atoms with van der Waals surface area (Å²) in [7, 11) is 0. The molecule has 0 unspecified atom stereocenters. The minimum absolute atomic E-state index is 0.0240. The third-order valence-corrected chi connectivity index (χ3v) is 4.57. The van der Waals surface area contributed by atoms with Gasteiger partial charge >= 0.3 is 12.2 Å². The fraction of sp³-hybridized carbons (Fsp3) is 0.278. The first kappa shape index (κ1) is 18.5. The smallest absolute Gasteiger partial charge is 0.393 e. The van der Waals surface area contributed by atoms with Gasteiger partial charge in [-0.2, -0.15) is 13.2 Å². The van der Waals surface area contributed by atoms with E-state index in [0.29, 0.717) is 24.9 Å². The number of aryl methyl sites for hydroxylation is 1. The molecular formula is C18H16ClF3N2O2. The Bertz CT molecular complexity index is 840. The molecule has 26 heavy (non-hydrogen) atoms. The summed E-state index contributed by atoms with van der Waals surface area (Å²) in [4.78, 5) is 12.2. The average molecular weight is 385 g/mol. The number of hydrogen-bond donors (Lipinski definition) is 3. The van der Waals surface area contributed by atoms with Crippen LogP contribution < -0.4 is 10.6 Å². The molecule has 2 aromatic rings. The number of benzene rings is 2. The molecule has 2 amide bonds. The number of alkyl halides is 3. The second-order valence-electron chi connectivity index (χ2n) is 6.11. The largest absolute Gasteiger partial charge is 0.417 e. The monoisotopic (exact) mass is 384 g/mol. The van der Waals surface area contributed by atoms with Gasteiger partial charge in [0.25, 0.3) is 0 Å². The van der Waals surface area contributed by atoms with Crippen LogP contribution in [0.2, 0.25) is 5.02 Å². The van der Waals surface area contributed by atoms with Crippen LogP contribution in [0.15, 0.2) is 36.4 Å². The lowest BCUT2D eigenvalue weighted by Gasteiger charge is -2.23. The van der Waals surface area contributed by atoms with Crippen LogP contribution in [0, 0.1) is 0 Å². The predicted molar refractivity (Wildman–Crippen MR) is 93.6 cm³/mol. The third kappa shape index (κ3) is 4.11. The number of carbonyl (C=O) groups is 1. The Balaban J connectivity index is 1.77. The molecule has 0 saturated heterocycles. The van der Waals surface area contributed by atoms with Crippen LogP contribution in [0.5, 0.6) is 0 Å². The molecule has 3 N–H and O–H groups in total. The van der Waals surface area contributed by atoms with E-state index in [0.717, 1.165) is 23.3 Å². The van der Waals surface area contributed by atoms with Crippen molar-refractivity contribution in [2.75, 3.05) is 10.6 Å². The van der Waals surface area contributed by atoms with Crippen molar-refractivity contribution in [2.24, 2.45) is 0 Å². The molecule has 0 aromatic heterocycles. The van der Waals surface area contributed by atoms with Gasteiger partial charge in [-0.25, -0.2) is 4.79 Å². The van der Waals surface area contributed by atoms with Crippen LogP contribution in [0.4, 0.5) is 29.3 Å². The number of urea groups is 1. The average Bonchev–Trinajstić information content (AvgIpc) is 2.56. The van der Waals surface area contributed by atoms with Crippen molar-refractivity contribution < 1.29 is 23.1 Å². The van der Waals surface area contributed by atoms with E-state index in [1.165, 1.54) is 6.07 Å². The highest BCUT2D eigenvalue weighted by Crippen LogP contribution is 2.36. The molecule has 0 bridgehead atoms. The molecule has 0 heterocycles. The number of fused-ring (bicyclic) bond motifs is 1. The SMILES string of the molecule is O=C(Nc1ccc(Cl)c(C(F)(F)F)c1)Nc1cccc2c1C[C@@H](O)CC2. The molecule has 0 radical (unpaired) electrons. The van der Waals surface area contributed by atoms with Crippen LogP contribution in [0.3, 0.4) is 0 Å². The summed E-state index contributed by atoms with van der Waals surface area (Å²) >= 11 is 5.57. The van der Waals surface area contributed by atoms with E-state index in [9.17, 15) is 23.1 Å². The first-order valence-corrected chi connectivity index (χ1v) is 8.35.